The summed E-state index contributed by atoms with van der Waals surface area (Å²) in [6.45, 7) is 1.18. The van der Waals surface area contributed by atoms with E-state index in [0.29, 0.717) is 17.6 Å². The number of benzene rings is 1. The van der Waals surface area contributed by atoms with Crippen LogP contribution in [0.2, 0.25) is 0 Å². The molecule has 3 atom stereocenters. The average Bonchev–Trinajstić information content (AvgIpc) is 2.75. The van der Waals surface area contributed by atoms with E-state index < -0.39 is 0 Å². The fourth-order valence-electron chi connectivity index (χ4n) is 3.68. The van der Waals surface area contributed by atoms with E-state index in [-0.39, 0.29) is 12.1 Å². The lowest BCUT2D eigenvalue weighted by Crippen LogP contribution is -2.46. The zero-order valence-corrected chi connectivity index (χ0v) is 13.3. The minimum absolute atomic E-state index is 0.0979. The third-order valence-electron chi connectivity index (χ3n) is 4.68. The first-order valence-corrected chi connectivity index (χ1v) is 9.18. The second-order valence-electron chi connectivity index (χ2n) is 5.98. The smallest absolute Gasteiger partial charge is 0.338 e. The van der Waals surface area contributed by atoms with Crippen LogP contribution in [0.25, 0.3) is 0 Å². The maximum atomic E-state index is 12.2. The third-order valence-corrected chi connectivity index (χ3v) is 5.27. The highest BCUT2D eigenvalue weighted by molar-refractivity contribution is 7.98. The van der Waals surface area contributed by atoms with Crippen LogP contribution in [0.3, 0.4) is 0 Å². The Labute approximate surface area is 131 Å². The Kier molecular flexibility index (Phi) is 4.86. The Bertz CT molecular complexity index is 465. The molecular weight excluding hydrogens is 282 g/mol. The normalized spacial score (nSPS) is 28.5. The number of rotatable bonds is 5. The van der Waals surface area contributed by atoms with E-state index in [2.05, 4.69) is 11.2 Å². The number of esters is 1. The lowest BCUT2D eigenvalue weighted by Gasteiger charge is -2.38. The van der Waals surface area contributed by atoms with Gasteiger partial charge >= 0.3 is 5.97 Å². The molecule has 0 aliphatic carbocycles. The highest BCUT2D eigenvalue weighted by Gasteiger charge is 2.41. The minimum Gasteiger partial charge on any atom is -0.459 e. The number of ether oxygens (including phenoxy) is 1. The van der Waals surface area contributed by atoms with Crippen molar-refractivity contribution in [3.8, 4) is 0 Å². The molecule has 0 amide bonds. The number of piperidine rings is 1. The first-order chi connectivity index (χ1) is 10.3. The molecule has 3 rings (SSSR count). The summed E-state index contributed by atoms with van der Waals surface area (Å²) in [6.07, 6.45) is 6.79. The van der Waals surface area contributed by atoms with Crippen LogP contribution < -0.4 is 0 Å². The van der Waals surface area contributed by atoms with Gasteiger partial charge in [0.15, 0.2) is 0 Å². The summed E-state index contributed by atoms with van der Waals surface area (Å²) in [7, 11) is 0. The molecule has 1 aromatic rings. The van der Waals surface area contributed by atoms with E-state index in [1.807, 2.05) is 42.1 Å². The number of thioether (sulfide) groups is 1. The Hall–Kier alpha value is -1.00. The van der Waals surface area contributed by atoms with Crippen molar-refractivity contribution in [3.63, 3.8) is 0 Å². The van der Waals surface area contributed by atoms with Gasteiger partial charge in [-0.25, -0.2) is 4.79 Å². The summed E-state index contributed by atoms with van der Waals surface area (Å²) in [4.78, 5) is 14.8. The Morgan fingerprint density at radius 3 is 2.52 bits per heavy atom. The summed E-state index contributed by atoms with van der Waals surface area (Å²) in [6, 6.07) is 10.6. The van der Waals surface area contributed by atoms with Gasteiger partial charge in [-0.2, -0.15) is 11.8 Å². The summed E-state index contributed by atoms with van der Waals surface area (Å²) in [5, 5.41) is 0. The molecule has 0 saturated carbocycles. The largest absolute Gasteiger partial charge is 0.459 e. The second kappa shape index (κ2) is 6.84. The van der Waals surface area contributed by atoms with Crippen molar-refractivity contribution < 1.29 is 9.53 Å². The van der Waals surface area contributed by atoms with Crippen LogP contribution in [0.4, 0.5) is 0 Å². The molecule has 0 aromatic heterocycles. The van der Waals surface area contributed by atoms with Gasteiger partial charge in [-0.3, -0.25) is 4.90 Å². The molecule has 21 heavy (non-hydrogen) atoms. The van der Waals surface area contributed by atoms with Crippen molar-refractivity contribution in [2.45, 2.75) is 43.9 Å². The number of nitrogens with zero attached hydrogens (tertiary/aromatic N) is 1. The summed E-state index contributed by atoms with van der Waals surface area (Å²) >= 11 is 1.91. The van der Waals surface area contributed by atoms with Crippen molar-refractivity contribution in [2.75, 3.05) is 18.6 Å². The molecule has 3 nitrogen and oxygen atoms in total. The molecule has 1 unspecified atom stereocenters. The summed E-state index contributed by atoms with van der Waals surface area (Å²) < 4.78 is 5.74. The van der Waals surface area contributed by atoms with E-state index >= 15 is 0 Å². The molecule has 2 saturated heterocycles. The highest BCUT2D eigenvalue weighted by Crippen LogP contribution is 2.37. The first-order valence-electron chi connectivity index (χ1n) is 7.78. The van der Waals surface area contributed by atoms with Crippen LogP contribution in [0, 0.1) is 0 Å². The van der Waals surface area contributed by atoms with E-state index in [0.717, 1.165) is 12.8 Å². The predicted molar refractivity (Wildman–Crippen MR) is 86.8 cm³/mol. The molecule has 0 N–H and O–H groups in total. The number of fused-ring (bicyclic) bond motifs is 2. The van der Waals surface area contributed by atoms with Gasteiger partial charge in [-0.1, -0.05) is 18.2 Å². The van der Waals surface area contributed by atoms with Gasteiger partial charge in [-0.15, -0.1) is 0 Å². The number of carbonyl (C=O) groups is 1. The average molecular weight is 305 g/mol. The summed E-state index contributed by atoms with van der Waals surface area (Å²) in [5.74, 6) is 1.03. The Morgan fingerprint density at radius 1 is 1.24 bits per heavy atom. The molecule has 0 radical (unpaired) electrons. The van der Waals surface area contributed by atoms with Gasteiger partial charge in [0, 0.05) is 37.2 Å². The molecule has 4 heteroatoms. The lowest BCUT2D eigenvalue weighted by atomic mass is 9.99. The molecule has 2 heterocycles. The van der Waals surface area contributed by atoms with Crippen LogP contribution in [-0.2, 0) is 4.74 Å². The van der Waals surface area contributed by atoms with Gasteiger partial charge < -0.3 is 4.74 Å². The molecule has 2 bridgehead atoms. The van der Waals surface area contributed by atoms with Gasteiger partial charge in [0.25, 0.3) is 0 Å². The van der Waals surface area contributed by atoms with Crippen LogP contribution in [0.1, 0.15) is 36.0 Å². The van der Waals surface area contributed by atoms with E-state index in [4.69, 9.17) is 4.74 Å². The fraction of sp³-hybridized carbons (Fsp3) is 0.588. The molecule has 2 aliphatic heterocycles. The first kappa shape index (κ1) is 14.9. The molecule has 0 spiro atoms. The van der Waals surface area contributed by atoms with E-state index in [1.54, 1.807) is 0 Å². The summed E-state index contributed by atoms with van der Waals surface area (Å²) in [5.41, 5.74) is 0.662. The fourth-order valence-corrected chi connectivity index (χ4v) is 4.07. The van der Waals surface area contributed by atoms with Gasteiger partial charge in [0.05, 0.1) is 5.56 Å². The molecule has 1 aromatic carbocycles. The lowest BCUT2D eigenvalue weighted by molar-refractivity contribution is -0.00455. The molecular formula is C17H23NO2S. The van der Waals surface area contributed by atoms with E-state index in [1.165, 1.54) is 25.1 Å². The Balaban J connectivity index is 1.57. The molecule has 2 fully saturated rings. The van der Waals surface area contributed by atoms with Gasteiger partial charge in [0.2, 0.25) is 0 Å². The van der Waals surface area contributed by atoms with Crippen molar-refractivity contribution in [1.82, 2.24) is 4.90 Å². The van der Waals surface area contributed by atoms with Gasteiger partial charge in [-0.05, 0) is 31.2 Å². The highest BCUT2D eigenvalue weighted by atomic mass is 32.2. The van der Waals surface area contributed by atoms with Crippen LogP contribution in [0.5, 0.6) is 0 Å². The maximum Gasteiger partial charge on any atom is 0.338 e. The standard InChI is InChI=1S/C17H23NO2S/c1-21-10-9-18-14-7-8-15(18)12-16(11-14)20-17(19)13-5-3-2-4-6-13/h2-6,14-16H,7-12H2,1H3/t14-,15+,16?. The van der Waals surface area contributed by atoms with Crippen molar-refractivity contribution in [1.29, 1.82) is 0 Å². The second-order valence-corrected chi connectivity index (χ2v) is 6.97. The van der Waals surface area contributed by atoms with Crippen molar-refractivity contribution in [3.05, 3.63) is 35.9 Å². The number of carbonyl (C=O) groups excluding carboxylic acids is 1. The monoisotopic (exact) mass is 305 g/mol. The zero-order valence-electron chi connectivity index (χ0n) is 12.5. The molecule has 114 valence electrons. The Morgan fingerprint density at radius 2 is 1.90 bits per heavy atom. The van der Waals surface area contributed by atoms with Crippen LogP contribution in [0.15, 0.2) is 30.3 Å². The number of hydrogen-bond acceptors (Lipinski definition) is 4. The van der Waals surface area contributed by atoms with Gasteiger partial charge in [0.1, 0.15) is 6.10 Å². The topological polar surface area (TPSA) is 29.5 Å². The number of hydrogen-bond donors (Lipinski definition) is 0. The van der Waals surface area contributed by atoms with Crippen LogP contribution in [-0.4, -0.2) is 47.6 Å². The minimum atomic E-state index is -0.169. The zero-order chi connectivity index (χ0) is 14.7. The molecule has 2 aliphatic rings. The van der Waals surface area contributed by atoms with E-state index in [9.17, 15) is 4.79 Å². The van der Waals surface area contributed by atoms with Crippen molar-refractivity contribution >= 4 is 17.7 Å². The van der Waals surface area contributed by atoms with Crippen LogP contribution >= 0.6 is 11.8 Å². The quantitative estimate of drug-likeness (QED) is 0.781. The maximum absolute atomic E-state index is 12.2. The third kappa shape index (κ3) is 3.43. The van der Waals surface area contributed by atoms with Crippen molar-refractivity contribution in [2.24, 2.45) is 0 Å². The predicted octanol–water partition coefficient (Wildman–Crippen LogP) is 3.20. The SMILES string of the molecule is CSCCN1[C@@H]2CC[C@H]1CC(OC(=O)c1ccccc1)C2.